The topological polar surface area (TPSA) is 77.8 Å². The fourth-order valence-corrected chi connectivity index (χ4v) is 3.00. The smallest absolute Gasteiger partial charge is 0.165 e. The van der Waals surface area contributed by atoms with Gasteiger partial charge in [0.25, 0.3) is 0 Å². The van der Waals surface area contributed by atoms with Gasteiger partial charge in [-0.2, -0.15) is 0 Å². The van der Waals surface area contributed by atoms with Gasteiger partial charge in [0.15, 0.2) is 5.82 Å². The zero-order valence-corrected chi connectivity index (χ0v) is 13.9. The first kappa shape index (κ1) is 14.6. The Morgan fingerprint density at radius 2 is 1.38 bits per heavy atom. The number of hydrogen-bond acceptors (Lipinski definition) is 6. The van der Waals surface area contributed by atoms with Crippen LogP contribution >= 0.6 is 0 Å². The molecule has 4 aromatic rings. The van der Waals surface area contributed by atoms with E-state index in [2.05, 4.69) is 10.3 Å². The van der Waals surface area contributed by atoms with Crippen LogP contribution in [0.2, 0.25) is 0 Å². The summed E-state index contributed by atoms with van der Waals surface area (Å²) in [5.74, 6) is 2.04. The summed E-state index contributed by atoms with van der Waals surface area (Å²) in [6.07, 6.45) is 0. The second kappa shape index (κ2) is 5.26. The zero-order valence-electron chi connectivity index (χ0n) is 13.9. The Bertz CT molecular complexity index is 1020. The minimum absolute atomic E-state index is 0.597. The summed E-state index contributed by atoms with van der Waals surface area (Å²) < 4.78 is 10.6. The van der Waals surface area contributed by atoms with Crippen LogP contribution < -0.4 is 0 Å². The molecule has 0 atom stereocenters. The van der Waals surface area contributed by atoms with Gasteiger partial charge in [-0.1, -0.05) is 28.5 Å². The van der Waals surface area contributed by atoms with Gasteiger partial charge in [-0.05, 0) is 33.8 Å². The molecule has 0 aliphatic carbocycles. The third kappa shape index (κ3) is 2.11. The molecule has 4 rings (SSSR count). The summed E-state index contributed by atoms with van der Waals surface area (Å²) in [5, 5.41) is 9.04. The van der Waals surface area contributed by atoms with Crippen molar-refractivity contribution in [1.82, 2.24) is 20.3 Å². The molecule has 6 nitrogen and oxygen atoms in total. The summed E-state index contributed by atoms with van der Waals surface area (Å²) in [7, 11) is 0. The monoisotopic (exact) mass is 320 g/mol. The average Bonchev–Trinajstić information content (AvgIpc) is 3.08. The van der Waals surface area contributed by atoms with Crippen LogP contribution in [0.5, 0.6) is 0 Å². The Kier molecular flexibility index (Phi) is 3.19. The molecule has 3 heterocycles. The minimum atomic E-state index is 0.597. The lowest BCUT2D eigenvalue weighted by molar-refractivity contribution is 0.393. The maximum Gasteiger partial charge on any atom is 0.165 e. The van der Waals surface area contributed by atoms with Crippen LogP contribution in [0.25, 0.3) is 33.5 Å². The van der Waals surface area contributed by atoms with E-state index >= 15 is 0 Å². The van der Waals surface area contributed by atoms with E-state index in [0.29, 0.717) is 11.6 Å². The Balaban J connectivity index is 2.10. The molecule has 0 amide bonds. The molecule has 0 radical (unpaired) electrons. The van der Waals surface area contributed by atoms with E-state index in [1.807, 2.05) is 52.0 Å². The van der Waals surface area contributed by atoms with E-state index in [-0.39, 0.29) is 0 Å². The third-order valence-electron chi connectivity index (χ3n) is 4.13. The normalized spacial score (nSPS) is 11.3. The molecule has 0 saturated heterocycles. The highest BCUT2D eigenvalue weighted by atomic mass is 16.5. The SMILES string of the molecule is Cc1noc(C)c1-c1nc(-c2c(C)noc2C)c2ccccc2n1. The lowest BCUT2D eigenvalue weighted by atomic mass is 10.0. The Hall–Kier alpha value is -3.02. The zero-order chi connectivity index (χ0) is 16.8. The third-order valence-corrected chi connectivity index (χ3v) is 4.13. The molecule has 0 saturated carbocycles. The van der Waals surface area contributed by atoms with E-state index in [4.69, 9.17) is 19.0 Å². The number of aromatic nitrogens is 4. The number of hydrogen-bond donors (Lipinski definition) is 0. The first-order valence-corrected chi connectivity index (χ1v) is 7.69. The van der Waals surface area contributed by atoms with Crippen LogP contribution in [0.15, 0.2) is 33.3 Å². The van der Waals surface area contributed by atoms with Gasteiger partial charge in [-0.25, -0.2) is 9.97 Å². The van der Waals surface area contributed by atoms with Crippen LogP contribution in [0.4, 0.5) is 0 Å². The number of rotatable bonds is 2. The van der Waals surface area contributed by atoms with Crippen LogP contribution in [0, 0.1) is 27.7 Å². The average molecular weight is 320 g/mol. The number of nitrogens with zero attached hydrogens (tertiary/aromatic N) is 4. The van der Waals surface area contributed by atoms with Crippen molar-refractivity contribution in [3.63, 3.8) is 0 Å². The molecular formula is C18H16N4O2. The summed E-state index contributed by atoms with van der Waals surface area (Å²) in [6, 6.07) is 7.92. The number of para-hydroxylation sites is 1. The second-order valence-corrected chi connectivity index (χ2v) is 5.81. The van der Waals surface area contributed by atoms with E-state index < -0.39 is 0 Å². The van der Waals surface area contributed by atoms with E-state index in [1.54, 1.807) is 0 Å². The van der Waals surface area contributed by atoms with Gasteiger partial charge < -0.3 is 9.05 Å². The fourth-order valence-electron chi connectivity index (χ4n) is 3.00. The first-order valence-electron chi connectivity index (χ1n) is 7.69. The van der Waals surface area contributed by atoms with Crippen LogP contribution in [-0.4, -0.2) is 20.3 Å². The molecule has 3 aromatic heterocycles. The quantitative estimate of drug-likeness (QED) is 0.551. The van der Waals surface area contributed by atoms with Gasteiger partial charge >= 0.3 is 0 Å². The molecule has 0 aliphatic heterocycles. The van der Waals surface area contributed by atoms with Crippen LogP contribution in [-0.2, 0) is 0 Å². The van der Waals surface area contributed by atoms with Crippen molar-refractivity contribution in [3.8, 4) is 22.6 Å². The number of benzene rings is 1. The molecule has 24 heavy (non-hydrogen) atoms. The molecule has 0 unspecified atom stereocenters. The van der Waals surface area contributed by atoms with Crippen molar-refractivity contribution in [1.29, 1.82) is 0 Å². The van der Waals surface area contributed by atoms with Gasteiger partial charge in [-0.15, -0.1) is 0 Å². The van der Waals surface area contributed by atoms with E-state index in [0.717, 1.165) is 44.9 Å². The van der Waals surface area contributed by atoms with Crippen molar-refractivity contribution in [2.75, 3.05) is 0 Å². The summed E-state index contributed by atoms with van der Waals surface area (Å²) >= 11 is 0. The van der Waals surface area contributed by atoms with Gasteiger partial charge in [0.05, 0.1) is 33.7 Å². The minimum Gasteiger partial charge on any atom is -0.361 e. The summed E-state index contributed by atoms with van der Waals surface area (Å²) in [5.41, 5.74) is 4.98. The predicted octanol–water partition coefficient (Wildman–Crippen LogP) is 4.17. The molecular weight excluding hydrogens is 304 g/mol. The molecule has 120 valence electrons. The van der Waals surface area contributed by atoms with Crippen LogP contribution in [0.3, 0.4) is 0 Å². The molecule has 0 bridgehead atoms. The highest BCUT2D eigenvalue weighted by Crippen LogP contribution is 2.34. The maximum absolute atomic E-state index is 5.34. The molecule has 6 heteroatoms. The lowest BCUT2D eigenvalue weighted by Crippen LogP contribution is -1.97. The Morgan fingerprint density at radius 1 is 0.750 bits per heavy atom. The maximum atomic E-state index is 5.34. The lowest BCUT2D eigenvalue weighted by Gasteiger charge is -2.08. The van der Waals surface area contributed by atoms with E-state index in [1.165, 1.54) is 0 Å². The van der Waals surface area contributed by atoms with Crippen molar-refractivity contribution < 1.29 is 9.05 Å². The van der Waals surface area contributed by atoms with Gasteiger partial charge in [0, 0.05) is 5.39 Å². The number of aryl methyl sites for hydroxylation is 4. The van der Waals surface area contributed by atoms with Gasteiger partial charge in [-0.3, -0.25) is 0 Å². The van der Waals surface area contributed by atoms with Crippen molar-refractivity contribution in [3.05, 3.63) is 47.2 Å². The van der Waals surface area contributed by atoms with Crippen LogP contribution in [0.1, 0.15) is 22.9 Å². The highest BCUT2D eigenvalue weighted by molar-refractivity contribution is 5.94. The largest absolute Gasteiger partial charge is 0.361 e. The highest BCUT2D eigenvalue weighted by Gasteiger charge is 2.21. The molecule has 1 aromatic carbocycles. The van der Waals surface area contributed by atoms with Crippen molar-refractivity contribution in [2.24, 2.45) is 0 Å². The Labute approximate surface area is 138 Å². The molecule has 0 aliphatic rings. The summed E-state index contributed by atoms with van der Waals surface area (Å²) in [4.78, 5) is 9.53. The molecule has 0 fully saturated rings. The van der Waals surface area contributed by atoms with Gasteiger partial charge in [0.1, 0.15) is 11.5 Å². The second-order valence-electron chi connectivity index (χ2n) is 5.81. The first-order chi connectivity index (χ1) is 11.6. The molecule has 0 N–H and O–H groups in total. The molecule has 0 spiro atoms. The fraction of sp³-hybridized carbons (Fsp3) is 0.222. The predicted molar refractivity (Wildman–Crippen MR) is 89.5 cm³/mol. The number of fused-ring (bicyclic) bond motifs is 1. The van der Waals surface area contributed by atoms with Gasteiger partial charge in [0.2, 0.25) is 0 Å². The standard InChI is InChI=1S/C18H16N4O2/c1-9-15(11(3)23-21-9)17-13-7-5-6-8-14(13)19-18(20-17)16-10(2)22-24-12(16)4/h5-8H,1-4H3. The van der Waals surface area contributed by atoms with E-state index in [9.17, 15) is 0 Å². The summed E-state index contributed by atoms with van der Waals surface area (Å²) in [6.45, 7) is 7.56. The van der Waals surface area contributed by atoms with Crippen molar-refractivity contribution in [2.45, 2.75) is 27.7 Å². The Morgan fingerprint density at radius 3 is 2.00 bits per heavy atom. The van der Waals surface area contributed by atoms with Crippen molar-refractivity contribution >= 4 is 10.9 Å².